The summed E-state index contributed by atoms with van der Waals surface area (Å²) in [7, 11) is 0. The molecular weight excluding hydrogens is 380 g/mol. The summed E-state index contributed by atoms with van der Waals surface area (Å²) in [6.45, 7) is 2.06. The number of aromatic nitrogens is 3. The third kappa shape index (κ3) is 3.06. The first-order chi connectivity index (χ1) is 14.1. The highest BCUT2D eigenvalue weighted by molar-refractivity contribution is 7.13. The van der Waals surface area contributed by atoms with Crippen LogP contribution in [-0.4, -0.2) is 20.4 Å². The van der Waals surface area contributed by atoms with Crippen molar-refractivity contribution in [3.8, 4) is 5.69 Å². The number of anilines is 1. The molecule has 29 heavy (non-hydrogen) atoms. The Hall–Kier alpha value is -3.25. The van der Waals surface area contributed by atoms with Gasteiger partial charge < -0.3 is 9.88 Å². The van der Waals surface area contributed by atoms with Crippen LogP contribution in [0.25, 0.3) is 5.69 Å². The van der Waals surface area contributed by atoms with Gasteiger partial charge in [0.1, 0.15) is 0 Å². The van der Waals surface area contributed by atoms with E-state index in [0.29, 0.717) is 11.6 Å². The fourth-order valence-corrected chi connectivity index (χ4v) is 4.88. The van der Waals surface area contributed by atoms with Crippen LogP contribution in [-0.2, 0) is 11.2 Å². The van der Waals surface area contributed by atoms with Gasteiger partial charge in [-0.05, 0) is 42.2 Å². The molecule has 0 spiro atoms. The first-order valence-electron chi connectivity index (χ1n) is 9.52. The molecule has 1 N–H and O–H groups in total. The van der Waals surface area contributed by atoms with Crippen LogP contribution in [0.2, 0.25) is 0 Å². The minimum absolute atomic E-state index is 0.00156. The van der Waals surface area contributed by atoms with Crippen molar-refractivity contribution in [1.29, 1.82) is 0 Å². The molecule has 0 saturated carbocycles. The molecule has 144 valence electrons. The van der Waals surface area contributed by atoms with Crippen LogP contribution in [0.3, 0.4) is 0 Å². The molecule has 2 atom stereocenters. The highest BCUT2D eigenvalue weighted by Crippen LogP contribution is 2.51. The number of carbonyl (C=O) groups excluding carboxylic acids is 1. The Morgan fingerprint density at radius 3 is 2.79 bits per heavy atom. The van der Waals surface area contributed by atoms with Gasteiger partial charge in [0.15, 0.2) is 5.13 Å². The van der Waals surface area contributed by atoms with Crippen LogP contribution in [0.1, 0.15) is 29.5 Å². The van der Waals surface area contributed by atoms with Gasteiger partial charge >= 0.3 is 0 Å². The van der Waals surface area contributed by atoms with Crippen LogP contribution in [0.15, 0.2) is 78.8 Å². The summed E-state index contributed by atoms with van der Waals surface area (Å²) in [5, 5.41) is 5.54. The van der Waals surface area contributed by atoms with Crippen molar-refractivity contribution in [2.75, 3.05) is 5.32 Å². The lowest BCUT2D eigenvalue weighted by atomic mass is 9.73. The largest absolute Gasteiger partial charge is 0.306 e. The Bertz CT molecular complexity index is 1140. The van der Waals surface area contributed by atoms with Gasteiger partial charge in [0.25, 0.3) is 0 Å². The number of nitrogens with one attached hydrogen (secondary N) is 1. The number of carbonyl (C=O) groups is 1. The van der Waals surface area contributed by atoms with Crippen molar-refractivity contribution in [3.05, 3.63) is 95.5 Å². The SMILES string of the molecule is C[C@]1(C(=O)Nc2nccs2)Cc2ccc(-n3ccnc3)cc2[C@H]1c1ccccc1. The number of hydrogen-bond donors (Lipinski definition) is 1. The van der Waals surface area contributed by atoms with Crippen molar-refractivity contribution in [2.24, 2.45) is 5.41 Å². The highest BCUT2D eigenvalue weighted by Gasteiger charge is 2.49. The van der Waals surface area contributed by atoms with Crippen molar-refractivity contribution in [1.82, 2.24) is 14.5 Å². The molecule has 0 unspecified atom stereocenters. The molecule has 2 aromatic carbocycles. The molecule has 0 saturated heterocycles. The van der Waals surface area contributed by atoms with Gasteiger partial charge in [0, 0.05) is 35.6 Å². The summed E-state index contributed by atoms with van der Waals surface area (Å²) in [5.41, 5.74) is 3.99. The smallest absolute Gasteiger partial charge is 0.233 e. The zero-order chi connectivity index (χ0) is 19.8. The maximum Gasteiger partial charge on any atom is 0.233 e. The lowest BCUT2D eigenvalue weighted by molar-refractivity contribution is -0.125. The van der Waals surface area contributed by atoms with E-state index >= 15 is 0 Å². The third-order valence-electron chi connectivity index (χ3n) is 5.74. The van der Waals surface area contributed by atoms with Crippen LogP contribution in [0, 0.1) is 5.41 Å². The number of rotatable bonds is 4. The topological polar surface area (TPSA) is 59.8 Å². The molecule has 2 aromatic heterocycles. The second kappa shape index (κ2) is 6.97. The van der Waals surface area contributed by atoms with E-state index in [1.165, 1.54) is 22.5 Å². The number of amides is 1. The molecule has 0 aliphatic heterocycles. The molecule has 0 radical (unpaired) electrons. The monoisotopic (exact) mass is 400 g/mol. The summed E-state index contributed by atoms with van der Waals surface area (Å²) in [5.74, 6) is -0.0381. The van der Waals surface area contributed by atoms with Crippen molar-refractivity contribution in [3.63, 3.8) is 0 Å². The predicted molar refractivity (Wildman–Crippen MR) is 114 cm³/mol. The zero-order valence-electron chi connectivity index (χ0n) is 15.9. The van der Waals surface area contributed by atoms with Crippen LogP contribution >= 0.6 is 11.3 Å². The minimum atomic E-state index is -0.608. The van der Waals surface area contributed by atoms with Gasteiger partial charge in [0.05, 0.1) is 11.7 Å². The summed E-state index contributed by atoms with van der Waals surface area (Å²) < 4.78 is 1.99. The Morgan fingerprint density at radius 1 is 1.21 bits per heavy atom. The van der Waals surface area contributed by atoms with E-state index in [4.69, 9.17) is 0 Å². The molecular formula is C23H20N4OS. The van der Waals surface area contributed by atoms with Gasteiger partial charge in [-0.3, -0.25) is 4.79 Å². The summed E-state index contributed by atoms with van der Waals surface area (Å²) in [6.07, 6.45) is 7.89. The molecule has 5 nitrogen and oxygen atoms in total. The van der Waals surface area contributed by atoms with Gasteiger partial charge in [-0.2, -0.15) is 0 Å². The number of thiazole rings is 1. The number of benzene rings is 2. The van der Waals surface area contributed by atoms with Gasteiger partial charge in [-0.15, -0.1) is 11.3 Å². The standard InChI is InChI=1S/C23H20N4OS/c1-23(21(28)26-22-25-10-12-29-22)14-17-7-8-18(27-11-9-24-15-27)13-19(17)20(23)16-5-3-2-4-6-16/h2-13,15,20H,14H2,1H3,(H,25,26,28)/t20-,23+/m1/s1. The summed E-state index contributed by atoms with van der Waals surface area (Å²) in [4.78, 5) is 21.8. The second-order valence-corrected chi connectivity index (χ2v) is 8.48. The third-order valence-corrected chi connectivity index (χ3v) is 6.43. The molecule has 1 amide bonds. The lowest BCUT2D eigenvalue weighted by Gasteiger charge is -2.31. The van der Waals surface area contributed by atoms with E-state index in [9.17, 15) is 4.79 Å². The predicted octanol–water partition coefficient (Wildman–Crippen LogP) is 4.66. The van der Waals surface area contributed by atoms with E-state index in [2.05, 4.69) is 52.5 Å². The fraction of sp³-hybridized carbons (Fsp3) is 0.174. The molecule has 1 aliphatic rings. The highest BCUT2D eigenvalue weighted by atomic mass is 32.1. The average Bonchev–Trinajstić information content (AvgIpc) is 3.48. The Kier molecular flexibility index (Phi) is 4.28. The molecule has 4 aromatic rings. The Balaban J connectivity index is 1.61. The molecule has 1 aliphatic carbocycles. The maximum atomic E-state index is 13.4. The summed E-state index contributed by atoms with van der Waals surface area (Å²) >= 11 is 1.44. The maximum absolute atomic E-state index is 13.4. The Labute approximate surface area is 173 Å². The first-order valence-corrected chi connectivity index (χ1v) is 10.4. The molecule has 6 heteroatoms. The second-order valence-electron chi connectivity index (χ2n) is 7.58. The molecule has 0 bridgehead atoms. The fourth-order valence-electron chi connectivity index (χ4n) is 4.35. The lowest BCUT2D eigenvalue weighted by Crippen LogP contribution is -2.37. The van der Waals surface area contributed by atoms with E-state index in [-0.39, 0.29) is 11.8 Å². The minimum Gasteiger partial charge on any atom is -0.306 e. The van der Waals surface area contributed by atoms with Gasteiger partial charge in [-0.1, -0.05) is 36.4 Å². The number of hydrogen-bond acceptors (Lipinski definition) is 4. The van der Waals surface area contributed by atoms with Crippen LogP contribution in [0.4, 0.5) is 5.13 Å². The summed E-state index contributed by atoms with van der Waals surface area (Å²) in [6, 6.07) is 16.7. The van der Waals surface area contributed by atoms with Crippen molar-refractivity contribution in [2.45, 2.75) is 19.3 Å². The molecule has 0 fully saturated rings. The number of imidazole rings is 1. The number of fused-ring (bicyclic) bond motifs is 1. The van der Waals surface area contributed by atoms with E-state index in [0.717, 1.165) is 11.3 Å². The van der Waals surface area contributed by atoms with Crippen LogP contribution < -0.4 is 5.32 Å². The molecule has 2 heterocycles. The van der Waals surface area contributed by atoms with Gasteiger partial charge in [0.2, 0.25) is 5.91 Å². The quantitative estimate of drug-likeness (QED) is 0.542. The van der Waals surface area contributed by atoms with E-state index in [1.54, 1.807) is 18.7 Å². The van der Waals surface area contributed by atoms with Crippen LogP contribution in [0.5, 0.6) is 0 Å². The van der Waals surface area contributed by atoms with Crippen molar-refractivity contribution >= 4 is 22.4 Å². The average molecular weight is 401 g/mol. The first kappa shape index (κ1) is 17.8. The normalized spacial score (nSPS) is 20.4. The number of nitrogens with zero attached hydrogens (tertiary/aromatic N) is 3. The zero-order valence-corrected chi connectivity index (χ0v) is 16.8. The van der Waals surface area contributed by atoms with Crippen molar-refractivity contribution < 1.29 is 4.79 Å². The van der Waals surface area contributed by atoms with E-state index < -0.39 is 5.41 Å². The Morgan fingerprint density at radius 2 is 2.07 bits per heavy atom. The van der Waals surface area contributed by atoms with Gasteiger partial charge in [-0.25, -0.2) is 9.97 Å². The van der Waals surface area contributed by atoms with E-state index in [1.807, 2.05) is 34.3 Å². The molecule has 5 rings (SSSR count).